The van der Waals surface area contributed by atoms with E-state index in [2.05, 4.69) is 10.6 Å². The van der Waals surface area contributed by atoms with Crippen LogP contribution in [0, 0.1) is 20.8 Å². The summed E-state index contributed by atoms with van der Waals surface area (Å²) >= 11 is 1.03. The van der Waals surface area contributed by atoms with E-state index >= 15 is 0 Å². The molecule has 0 unspecified atom stereocenters. The minimum Gasteiger partial charge on any atom is -0.462 e. The molecule has 1 aromatic heterocycles. The van der Waals surface area contributed by atoms with Crippen LogP contribution in [0.5, 0.6) is 0 Å². The van der Waals surface area contributed by atoms with Gasteiger partial charge in [-0.25, -0.2) is 4.79 Å². The molecule has 0 aliphatic carbocycles. The van der Waals surface area contributed by atoms with Gasteiger partial charge >= 0.3 is 5.97 Å². The van der Waals surface area contributed by atoms with Gasteiger partial charge in [0.2, 0.25) is 0 Å². The second kappa shape index (κ2) is 9.48. The second-order valence-electron chi connectivity index (χ2n) is 6.23. The zero-order chi connectivity index (χ0) is 20.8. The van der Waals surface area contributed by atoms with Gasteiger partial charge in [-0.1, -0.05) is 17.7 Å². The average Bonchev–Trinajstić information content (AvgIpc) is 2.94. The van der Waals surface area contributed by atoms with Gasteiger partial charge in [0.15, 0.2) is 0 Å². The molecule has 7 nitrogen and oxygen atoms in total. The number of carbonyl (C=O) groups excluding carboxylic acids is 3. The summed E-state index contributed by atoms with van der Waals surface area (Å²) in [4.78, 5) is 37.5. The average molecular weight is 404 g/mol. The smallest absolute Gasteiger partial charge is 0.341 e. The molecule has 0 bridgehead atoms. The van der Waals surface area contributed by atoms with Gasteiger partial charge in [0.05, 0.1) is 17.0 Å². The zero-order valence-electron chi connectivity index (χ0n) is 16.6. The predicted molar refractivity (Wildman–Crippen MR) is 109 cm³/mol. The molecule has 0 aliphatic heterocycles. The summed E-state index contributed by atoms with van der Waals surface area (Å²) in [5.74, 6) is -1.36. The Labute approximate surface area is 168 Å². The highest BCUT2D eigenvalue weighted by atomic mass is 32.1. The highest BCUT2D eigenvalue weighted by Gasteiger charge is 2.26. The molecule has 0 aliphatic rings. The molecule has 2 aromatic rings. The molecule has 0 saturated carbocycles. The Kier molecular flexibility index (Phi) is 7.31. The van der Waals surface area contributed by atoms with Gasteiger partial charge in [-0.3, -0.25) is 9.59 Å². The number of aryl methyl sites for hydroxylation is 2. The van der Waals surface area contributed by atoms with Crippen LogP contribution in [-0.4, -0.2) is 38.1 Å². The van der Waals surface area contributed by atoms with Gasteiger partial charge in [-0.15, -0.1) is 11.3 Å². The fourth-order valence-electron chi connectivity index (χ4n) is 2.69. The minimum absolute atomic E-state index is 0.163. The lowest BCUT2D eigenvalue weighted by atomic mass is 10.1. The summed E-state index contributed by atoms with van der Waals surface area (Å²) in [5.41, 5.74) is 3.35. The number of amides is 2. The van der Waals surface area contributed by atoms with Crippen LogP contribution in [-0.2, 0) is 14.3 Å². The number of ether oxygens (including phenoxy) is 2. The number of rotatable bonds is 7. The fraction of sp³-hybridized carbons (Fsp3) is 0.350. The Morgan fingerprint density at radius 1 is 1.11 bits per heavy atom. The molecule has 0 radical (unpaired) electrons. The summed E-state index contributed by atoms with van der Waals surface area (Å²) in [5, 5.41) is 5.76. The number of methoxy groups -OCH3 is 1. The monoisotopic (exact) mass is 404 g/mol. The van der Waals surface area contributed by atoms with Crippen molar-refractivity contribution in [2.24, 2.45) is 0 Å². The molecule has 150 valence electrons. The number of thiophene rings is 1. The third-order valence-corrected chi connectivity index (χ3v) is 5.20. The van der Waals surface area contributed by atoms with Crippen LogP contribution in [0.4, 0.5) is 10.7 Å². The second-order valence-corrected chi connectivity index (χ2v) is 7.26. The quantitative estimate of drug-likeness (QED) is 0.687. The van der Waals surface area contributed by atoms with Crippen LogP contribution in [0.15, 0.2) is 18.2 Å². The van der Waals surface area contributed by atoms with Crippen molar-refractivity contribution in [3.63, 3.8) is 0 Å². The fourth-order valence-corrected chi connectivity index (χ4v) is 3.80. The molecular weight excluding hydrogens is 380 g/mol. The lowest BCUT2D eigenvalue weighted by Crippen LogP contribution is -2.18. The summed E-state index contributed by atoms with van der Waals surface area (Å²) < 4.78 is 9.90. The van der Waals surface area contributed by atoms with E-state index in [0.29, 0.717) is 16.1 Å². The van der Waals surface area contributed by atoms with Crippen LogP contribution >= 0.6 is 11.3 Å². The van der Waals surface area contributed by atoms with Gasteiger partial charge in [0, 0.05) is 12.8 Å². The van der Waals surface area contributed by atoms with E-state index in [9.17, 15) is 14.4 Å². The van der Waals surface area contributed by atoms with Gasteiger partial charge in [-0.05, 0) is 44.9 Å². The third-order valence-electron chi connectivity index (χ3n) is 3.99. The first-order chi connectivity index (χ1) is 13.3. The van der Waals surface area contributed by atoms with Crippen LogP contribution in [0.3, 0.4) is 0 Å². The van der Waals surface area contributed by atoms with Crippen molar-refractivity contribution >= 4 is 39.8 Å². The molecular formula is C20H24N2O5S. The van der Waals surface area contributed by atoms with E-state index in [0.717, 1.165) is 22.5 Å². The molecule has 28 heavy (non-hydrogen) atoms. The first-order valence-corrected chi connectivity index (χ1v) is 9.58. The van der Waals surface area contributed by atoms with Crippen LogP contribution in [0.25, 0.3) is 0 Å². The van der Waals surface area contributed by atoms with Crippen molar-refractivity contribution in [1.82, 2.24) is 0 Å². The van der Waals surface area contributed by atoms with Crippen LogP contribution in [0.1, 0.15) is 43.6 Å². The molecule has 1 aromatic carbocycles. The number of anilines is 2. The van der Waals surface area contributed by atoms with Crippen molar-refractivity contribution < 1.29 is 23.9 Å². The number of hydrogen-bond donors (Lipinski definition) is 2. The highest BCUT2D eigenvalue weighted by Crippen LogP contribution is 2.34. The Morgan fingerprint density at radius 2 is 1.82 bits per heavy atom. The lowest BCUT2D eigenvalue weighted by Gasteiger charge is -2.09. The van der Waals surface area contributed by atoms with Crippen LogP contribution in [0.2, 0.25) is 0 Å². The van der Waals surface area contributed by atoms with E-state index in [1.54, 1.807) is 13.8 Å². The summed E-state index contributed by atoms with van der Waals surface area (Å²) in [7, 11) is 1.40. The highest BCUT2D eigenvalue weighted by molar-refractivity contribution is 7.18. The SMILES string of the molecule is CCOC(=O)c1c(NC(=O)COC)sc(C(=O)Nc2ccc(C)cc2C)c1C. The number of nitrogens with one attached hydrogen (secondary N) is 2. The van der Waals surface area contributed by atoms with Crippen molar-refractivity contribution in [1.29, 1.82) is 0 Å². The third kappa shape index (κ3) is 4.96. The summed E-state index contributed by atoms with van der Waals surface area (Å²) in [6.45, 7) is 7.25. The van der Waals surface area contributed by atoms with Gasteiger partial charge in [0.25, 0.3) is 11.8 Å². The molecule has 0 saturated heterocycles. The lowest BCUT2D eigenvalue weighted by molar-refractivity contribution is -0.119. The minimum atomic E-state index is -0.588. The maximum atomic E-state index is 12.8. The van der Waals surface area contributed by atoms with Crippen molar-refractivity contribution in [2.45, 2.75) is 27.7 Å². The van der Waals surface area contributed by atoms with Crippen molar-refractivity contribution in [2.75, 3.05) is 31.0 Å². The molecule has 2 rings (SSSR count). The van der Waals surface area contributed by atoms with Gasteiger partial charge < -0.3 is 20.1 Å². The van der Waals surface area contributed by atoms with E-state index in [-0.39, 0.29) is 29.7 Å². The molecule has 8 heteroatoms. The molecule has 2 amide bonds. The molecule has 0 spiro atoms. The Balaban J connectivity index is 2.38. The maximum Gasteiger partial charge on any atom is 0.341 e. The number of carbonyl (C=O) groups is 3. The van der Waals surface area contributed by atoms with Crippen molar-refractivity contribution in [3.05, 3.63) is 45.3 Å². The first-order valence-electron chi connectivity index (χ1n) is 8.76. The molecule has 1 heterocycles. The van der Waals surface area contributed by atoms with E-state index < -0.39 is 11.9 Å². The topological polar surface area (TPSA) is 93.7 Å². The summed E-state index contributed by atoms with van der Waals surface area (Å²) in [6.07, 6.45) is 0. The van der Waals surface area contributed by atoms with E-state index in [4.69, 9.17) is 9.47 Å². The number of esters is 1. The molecule has 0 atom stereocenters. The number of hydrogen-bond acceptors (Lipinski definition) is 6. The first kappa shape index (κ1) is 21.6. The maximum absolute atomic E-state index is 12.8. The van der Waals surface area contributed by atoms with Gasteiger partial charge in [0.1, 0.15) is 11.6 Å². The zero-order valence-corrected chi connectivity index (χ0v) is 17.4. The standard InChI is InChI=1S/C20H24N2O5S/c1-6-27-20(25)16-13(4)17(28-19(16)22-15(23)10-26-5)18(24)21-14-8-7-11(2)9-12(14)3/h7-9H,6,10H2,1-5H3,(H,21,24)(H,22,23). The van der Waals surface area contributed by atoms with E-state index in [1.165, 1.54) is 7.11 Å². The molecule has 0 fully saturated rings. The van der Waals surface area contributed by atoms with Crippen molar-refractivity contribution in [3.8, 4) is 0 Å². The Morgan fingerprint density at radius 3 is 2.43 bits per heavy atom. The Bertz CT molecular complexity index is 904. The Hall–Kier alpha value is -2.71. The summed E-state index contributed by atoms with van der Waals surface area (Å²) in [6, 6.07) is 5.71. The number of benzene rings is 1. The largest absolute Gasteiger partial charge is 0.462 e. The van der Waals surface area contributed by atoms with Gasteiger partial charge in [-0.2, -0.15) is 0 Å². The molecule has 2 N–H and O–H groups in total. The normalized spacial score (nSPS) is 10.5. The predicted octanol–water partition coefficient (Wildman–Crippen LogP) is 3.69. The van der Waals surface area contributed by atoms with Crippen LogP contribution < -0.4 is 10.6 Å². The van der Waals surface area contributed by atoms with E-state index in [1.807, 2.05) is 32.0 Å².